The number of carboxylic acids is 1. The topological polar surface area (TPSA) is 131 Å². The number of anilines is 1. The van der Waals surface area contributed by atoms with Gasteiger partial charge in [-0.15, -0.1) is 0 Å². The van der Waals surface area contributed by atoms with Crippen LogP contribution in [0.25, 0.3) is 0 Å². The van der Waals surface area contributed by atoms with Crippen LogP contribution in [0.4, 0.5) is 19.0 Å². The zero-order valence-corrected chi connectivity index (χ0v) is 21.1. The van der Waals surface area contributed by atoms with Crippen LogP contribution in [-0.2, 0) is 4.79 Å². The number of rotatable bonds is 9. The summed E-state index contributed by atoms with van der Waals surface area (Å²) >= 11 is 0. The molecule has 2 saturated heterocycles. The maximum absolute atomic E-state index is 10.6. The number of piperidine rings is 1. The minimum absolute atomic E-state index is 0.332. The van der Waals surface area contributed by atoms with Crippen LogP contribution in [0.1, 0.15) is 19.8 Å². The Morgan fingerprint density at radius 3 is 2.47 bits per heavy atom. The van der Waals surface area contributed by atoms with E-state index in [4.69, 9.17) is 24.1 Å². The molecule has 14 heteroatoms. The summed E-state index contributed by atoms with van der Waals surface area (Å²) in [6.45, 7) is 8.32. The summed E-state index contributed by atoms with van der Waals surface area (Å²) < 4.78 is 49.5. The Bertz CT molecular complexity index is 1010. The van der Waals surface area contributed by atoms with Gasteiger partial charge in [-0.05, 0) is 38.4 Å². The van der Waals surface area contributed by atoms with Gasteiger partial charge in [-0.2, -0.15) is 13.2 Å². The molecule has 2 aliphatic heterocycles. The molecule has 0 saturated carbocycles. The molecule has 0 aromatic carbocycles. The molecule has 2 atom stereocenters. The minimum Gasteiger partial charge on any atom is -0.484 e. The number of hydrogen-bond donors (Lipinski definition) is 3. The summed E-state index contributed by atoms with van der Waals surface area (Å²) in [5.74, 6) is 0.227. The number of ether oxygens (including phenoxy) is 3. The number of piperazine rings is 1. The first-order valence-electron chi connectivity index (χ1n) is 12.4. The van der Waals surface area contributed by atoms with Gasteiger partial charge in [-0.3, -0.25) is 0 Å². The van der Waals surface area contributed by atoms with Crippen molar-refractivity contribution in [2.75, 3.05) is 57.4 Å². The SMILES string of the molecule is C[C@@H]1CNCCN1c1nccnc1OCCOc1cccnc1OCC1CCCNC1.O=C(O)C(F)(F)F. The van der Waals surface area contributed by atoms with Gasteiger partial charge in [0.25, 0.3) is 11.8 Å². The smallest absolute Gasteiger partial charge is 0.484 e. The molecule has 4 rings (SSSR count). The van der Waals surface area contributed by atoms with E-state index in [9.17, 15) is 13.2 Å². The summed E-state index contributed by atoms with van der Waals surface area (Å²) in [5, 5.41) is 13.9. The highest BCUT2D eigenvalue weighted by Crippen LogP contribution is 2.26. The zero-order chi connectivity index (χ0) is 27.4. The second-order valence-corrected chi connectivity index (χ2v) is 8.76. The number of pyridine rings is 1. The van der Waals surface area contributed by atoms with Gasteiger partial charge in [0, 0.05) is 56.7 Å². The highest BCUT2D eigenvalue weighted by Gasteiger charge is 2.38. The average molecular weight is 543 g/mol. The van der Waals surface area contributed by atoms with Gasteiger partial charge in [0.2, 0.25) is 0 Å². The number of alkyl halides is 3. The van der Waals surface area contributed by atoms with Crippen molar-refractivity contribution in [3.05, 3.63) is 30.7 Å². The van der Waals surface area contributed by atoms with Crippen molar-refractivity contribution in [1.29, 1.82) is 0 Å². The van der Waals surface area contributed by atoms with Crippen molar-refractivity contribution in [2.45, 2.75) is 32.0 Å². The molecule has 0 bridgehead atoms. The van der Waals surface area contributed by atoms with Crippen molar-refractivity contribution in [3.63, 3.8) is 0 Å². The van der Waals surface area contributed by atoms with E-state index in [1.165, 1.54) is 12.8 Å². The molecule has 2 fully saturated rings. The van der Waals surface area contributed by atoms with E-state index in [0.717, 1.165) is 38.5 Å². The Labute approximate surface area is 218 Å². The lowest BCUT2D eigenvalue weighted by Crippen LogP contribution is -2.50. The number of nitrogens with one attached hydrogen (secondary N) is 2. The number of hydrogen-bond acceptors (Lipinski definition) is 10. The van der Waals surface area contributed by atoms with E-state index in [-0.39, 0.29) is 0 Å². The second kappa shape index (κ2) is 14.5. The predicted octanol–water partition coefficient (Wildman–Crippen LogP) is 2.14. The van der Waals surface area contributed by atoms with Gasteiger partial charge in [-0.25, -0.2) is 19.7 Å². The Kier molecular flexibility index (Phi) is 11.1. The van der Waals surface area contributed by atoms with Crippen LogP contribution in [0.5, 0.6) is 17.5 Å². The predicted molar refractivity (Wildman–Crippen MR) is 132 cm³/mol. The van der Waals surface area contributed by atoms with E-state index in [1.807, 2.05) is 12.1 Å². The lowest BCUT2D eigenvalue weighted by Gasteiger charge is -2.35. The van der Waals surface area contributed by atoms with Gasteiger partial charge in [0.1, 0.15) is 13.2 Å². The summed E-state index contributed by atoms with van der Waals surface area (Å²) in [6, 6.07) is 4.05. The van der Waals surface area contributed by atoms with Crippen LogP contribution >= 0.6 is 0 Å². The molecule has 0 amide bonds. The fourth-order valence-electron chi connectivity index (χ4n) is 3.92. The normalized spacial score (nSPS) is 19.6. The van der Waals surface area contributed by atoms with Crippen LogP contribution in [0.15, 0.2) is 30.7 Å². The molecule has 4 heterocycles. The third kappa shape index (κ3) is 9.17. The number of aromatic nitrogens is 3. The molecular formula is C24H33F3N6O5. The summed E-state index contributed by atoms with van der Waals surface area (Å²) in [4.78, 5) is 24.4. The Morgan fingerprint density at radius 2 is 1.76 bits per heavy atom. The second-order valence-electron chi connectivity index (χ2n) is 8.76. The minimum atomic E-state index is -5.08. The number of halogens is 3. The maximum Gasteiger partial charge on any atom is 0.490 e. The molecule has 2 aliphatic rings. The fourth-order valence-corrected chi connectivity index (χ4v) is 3.92. The van der Waals surface area contributed by atoms with E-state index in [2.05, 4.69) is 37.4 Å². The van der Waals surface area contributed by atoms with E-state index in [0.29, 0.717) is 49.3 Å². The van der Waals surface area contributed by atoms with E-state index >= 15 is 0 Å². The van der Waals surface area contributed by atoms with Gasteiger partial charge in [-0.1, -0.05) is 0 Å². The standard InChI is InChI=1S/C22H32N6O3.C2HF3O2/c1-17-14-24-10-11-28(17)20-22(27-9-8-25-20)30-13-12-29-19-5-3-7-26-21(19)31-16-18-4-2-6-23-15-18;3-2(4,5)1(6)7/h3,5,7-9,17-18,23-24H,2,4,6,10-16H2,1H3;(H,6,7)/t17-,18?;/m1./s1. The van der Waals surface area contributed by atoms with Gasteiger partial charge < -0.3 is 34.9 Å². The quantitative estimate of drug-likeness (QED) is 0.403. The molecule has 11 nitrogen and oxygen atoms in total. The highest BCUT2D eigenvalue weighted by atomic mass is 19.4. The average Bonchev–Trinajstić information content (AvgIpc) is 2.91. The summed E-state index contributed by atoms with van der Waals surface area (Å²) in [7, 11) is 0. The van der Waals surface area contributed by atoms with E-state index in [1.54, 1.807) is 18.6 Å². The van der Waals surface area contributed by atoms with Crippen LogP contribution in [0, 0.1) is 5.92 Å². The maximum atomic E-state index is 10.6. The molecule has 1 unspecified atom stereocenters. The number of nitrogens with zero attached hydrogens (tertiary/aromatic N) is 4. The molecule has 0 spiro atoms. The monoisotopic (exact) mass is 542 g/mol. The first-order chi connectivity index (χ1) is 18.3. The van der Waals surface area contributed by atoms with Crippen LogP contribution in [0.2, 0.25) is 0 Å². The van der Waals surface area contributed by atoms with Crippen LogP contribution in [-0.4, -0.2) is 90.8 Å². The Morgan fingerprint density at radius 1 is 1.05 bits per heavy atom. The first-order valence-corrected chi connectivity index (χ1v) is 12.4. The van der Waals surface area contributed by atoms with Crippen molar-refractivity contribution >= 4 is 11.8 Å². The third-order valence-corrected chi connectivity index (χ3v) is 5.83. The lowest BCUT2D eigenvalue weighted by molar-refractivity contribution is -0.192. The van der Waals surface area contributed by atoms with Crippen molar-refractivity contribution in [3.8, 4) is 17.5 Å². The zero-order valence-electron chi connectivity index (χ0n) is 21.1. The van der Waals surface area contributed by atoms with Crippen molar-refractivity contribution in [1.82, 2.24) is 25.6 Å². The Balaban J connectivity index is 0.000000505. The molecular weight excluding hydrogens is 509 g/mol. The molecule has 0 aliphatic carbocycles. The molecule has 2 aromatic heterocycles. The van der Waals surface area contributed by atoms with Crippen LogP contribution in [0.3, 0.4) is 0 Å². The Hall–Kier alpha value is -3.39. The van der Waals surface area contributed by atoms with Gasteiger partial charge in [0.15, 0.2) is 11.6 Å². The van der Waals surface area contributed by atoms with Crippen LogP contribution < -0.4 is 29.7 Å². The van der Waals surface area contributed by atoms with Crippen molar-refractivity contribution in [2.24, 2.45) is 5.92 Å². The third-order valence-electron chi connectivity index (χ3n) is 5.83. The van der Waals surface area contributed by atoms with Gasteiger partial charge >= 0.3 is 12.1 Å². The van der Waals surface area contributed by atoms with E-state index < -0.39 is 12.1 Å². The summed E-state index contributed by atoms with van der Waals surface area (Å²) in [5.41, 5.74) is 0. The number of carboxylic acid groups (broad SMARTS) is 1. The molecule has 3 N–H and O–H groups in total. The molecule has 38 heavy (non-hydrogen) atoms. The summed E-state index contributed by atoms with van der Waals surface area (Å²) in [6.07, 6.45) is 2.36. The largest absolute Gasteiger partial charge is 0.490 e. The first kappa shape index (κ1) is 29.2. The molecule has 2 aromatic rings. The fraction of sp³-hybridized carbons (Fsp3) is 0.583. The van der Waals surface area contributed by atoms with Gasteiger partial charge in [0.05, 0.1) is 6.61 Å². The highest BCUT2D eigenvalue weighted by molar-refractivity contribution is 5.73. The number of carbonyl (C=O) groups is 1. The molecule has 210 valence electrons. The molecule has 0 radical (unpaired) electrons. The van der Waals surface area contributed by atoms with Crippen molar-refractivity contribution < 1.29 is 37.3 Å². The number of aliphatic carboxylic acids is 1. The lowest BCUT2D eigenvalue weighted by atomic mass is 10.0.